The molecule has 0 radical (unpaired) electrons. The smallest absolute Gasteiger partial charge is 0.248 e. The lowest BCUT2D eigenvalue weighted by Gasteiger charge is -2.27. The first kappa shape index (κ1) is 23.0. The number of nitrogens with zero attached hydrogens (tertiary/aromatic N) is 3. The highest BCUT2D eigenvalue weighted by Gasteiger charge is 2.33. The summed E-state index contributed by atoms with van der Waals surface area (Å²) < 4.78 is 7.57. The molecule has 1 atom stereocenters. The van der Waals surface area contributed by atoms with Gasteiger partial charge in [0.1, 0.15) is 18.4 Å². The number of ether oxygens (including phenoxy) is 1. The Kier molecular flexibility index (Phi) is 6.19. The standard InChI is InChI=1S/C26H21Cl2N5O2/c1-15-22(24(29)34)23(17-7-10-19(11-8-17)35-14-16-5-3-2-4-6-16)33-26(30-15)31-25(32-33)18-9-12-20(27)21(28)13-18/h2-13,23H,14H2,1H3,(H2,29,34)(H,30,31,32). The summed E-state index contributed by atoms with van der Waals surface area (Å²) in [7, 11) is 0. The fourth-order valence-electron chi connectivity index (χ4n) is 4.02. The molecule has 1 aromatic heterocycles. The molecule has 9 heteroatoms. The fourth-order valence-corrected chi connectivity index (χ4v) is 4.32. The van der Waals surface area contributed by atoms with E-state index in [2.05, 4.69) is 15.4 Å². The van der Waals surface area contributed by atoms with E-state index in [1.54, 1.807) is 29.8 Å². The molecule has 5 rings (SSSR count). The third kappa shape index (κ3) is 4.60. The number of hydrogen-bond acceptors (Lipinski definition) is 5. The number of carbonyl (C=O) groups is 1. The Balaban J connectivity index is 1.49. The Labute approximate surface area is 212 Å². The molecule has 3 aromatic carbocycles. The van der Waals surface area contributed by atoms with Gasteiger partial charge in [0, 0.05) is 11.3 Å². The van der Waals surface area contributed by atoms with Gasteiger partial charge in [-0.05, 0) is 48.4 Å². The summed E-state index contributed by atoms with van der Waals surface area (Å²) in [6.45, 7) is 2.25. The number of nitrogens with one attached hydrogen (secondary N) is 1. The van der Waals surface area contributed by atoms with Gasteiger partial charge in [-0.2, -0.15) is 4.98 Å². The van der Waals surface area contributed by atoms with Crippen LogP contribution >= 0.6 is 23.2 Å². The lowest BCUT2D eigenvalue weighted by atomic mass is 9.95. The summed E-state index contributed by atoms with van der Waals surface area (Å²) in [5.74, 6) is 1.10. The summed E-state index contributed by atoms with van der Waals surface area (Å²) in [5, 5.41) is 8.67. The SMILES string of the molecule is CC1=C(C(N)=O)C(c2ccc(OCc3ccccc3)cc2)n2nc(-c3ccc(Cl)c(Cl)c3)nc2N1. The second kappa shape index (κ2) is 9.44. The number of amides is 1. The number of anilines is 1. The minimum absolute atomic E-state index is 0.402. The Hall–Kier alpha value is -3.81. The molecule has 0 saturated heterocycles. The van der Waals surface area contributed by atoms with Crippen LogP contribution in [0, 0.1) is 0 Å². The average Bonchev–Trinajstić information content (AvgIpc) is 3.28. The zero-order chi connectivity index (χ0) is 24.5. The van der Waals surface area contributed by atoms with Gasteiger partial charge >= 0.3 is 0 Å². The molecule has 0 aliphatic carbocycles. The first-order chi connectivity index (χ1) is 16.9. The number of hydrogen-bond donors (Lipinski definition) is 2. The number of rotatable bonds is 6. The van der Waals surface area contributed by atoms with Gasteiger partial charge in [0.25, 0.3) is 0 Å². The molecule has 4 aromatic rings. The molecule has 0 bridgehead atoms. The second-order valence-corrected chi connectivity index (χ2v) is 8.92. The zero-order valence-electron chi connectivity index (χ0n) is 18.7. The molecule has 35 heavy (non-hydrogen) atoms. The van der Waals surface area contributed by atoms with Gasteiger partial charge in [-0.15, -0.1) is 5.10 Å². The van der Waals surface area contributed by atoms with E-state index in [1.807, 2.05) is 54.6 Å². The summed E-state index contributed by atoms with van der Waals surface area (Å²) in [6.07, 6.45) is 0. The van der Waals surface area contributed by atoms with Crippen LogP contribution in [0.25, 0.3) is 11.4 Å². The van der Waals surface area contributed by atoms with Crippen LogP contribution in [0.2, 0.25) is 10.0 Å². The van der Waals surface area contributed by atoms with Crippen LogP contribution in [-0.2, 0) is 11.4 Å². The van der Waals surface area contributed by atoms with Gasteiger partial charge in [0.2, 0.25) is 11.9 Å². The third-order valence-corrected chi connectivity index (χ3v) is 6.48. The quantitative estimate of drug-likeness (QED) is 0.355. The molecule has 0 fully saturated rings. The summed E-state index contributed by atoms with van der Waals surface area (Å²) in [6, 6.07) is 22.1. The molecule has 1 amide bonds. The number of fused-ring (bicyclic) bond motifs is 1. The molecule has 176 valence electrons. The number of primary amides is 1. The molecule has 1 aliphatic heterocycles. The van der Waals surface area contributed by atoms with Gasteiger partial charge in [-0.3, -0.25) is 4.79 Å². The van der Waals surface area contributed by atoms with Crippen molar-refractivity contribution in [3.63, 3.8) is 0 Å². The molecular formula is C26H21Cl2N5O2. The molecule has 0 spiro atoms. The number of benzene rings is 3. The van der Waals surface area contributed by atoms with Crippen molar-refractivity contribution in [2.24, 2.45) is 5.73 Å². The number of aromatic nitrogens is 3. The Bertz CT molecular complexity index is 1430. The van der Waals surface area contributed by atoms with Crippen molar-refractivity contribution in [2.75, 3.05) is 5.32 Å². The van der Waals surface area contributed by atoms with Crippen LogP contribution in [-0.4, -0.2) is 20.7 Å². The maximum atomic E-state index is 12.4. The van der Waals surface area contributed by atoms with Gasteiger partial charge in [-0.1, -0.05) is 65.7 Å². The maximum absolute atomic E-state index is 12.4. The molecule has 3 N–H and O–H groups in total. The number of nitrogens with two attached hydrogens (primary N) is 1. The van der Waals surface area contributed by atoms with Gasteiger partial charge < -0.3 is 15.8 Å². The predicted octanol–water partition coefficient (Wildman–Crippen LogP) is 5.61. The van der Waals surface area contributed by atoms with E-state index in [0.29, 0.717) is 51.0 Å². The largest absolute Gasteiger partial charge is 0.489 e. The predicted molar refractivity (Wildman–Crippen MR) is 136 cm³/mol. The van der Waals surface area contributed by atoms with Crippen molar-refractivity contribution in [1.82, 2.24) is 14.8 Å². The van der Waals surface area contributed by atoms with Crippen molar-refractivity contribution < 1.29 is 9.53 Å². The fraction of sp³-hybridized carbons (Fsp3) is 0.115. The molecule has 1 unspecified atom stereocenters. The minimum Gasteiger partial charge on any atom is -0.489 e. The first-order valence-corrected chi connectivity index (χ1v) is 11.6. The van der Waals surface area contributed by atoms with Crippen LogP contribution in [0.1, 0.15) is 24.1 Å². The lowest BCUT2D eigenvalue weighted by Crippen LogP contribution is -2.31. The van der Waals surface area contributed by atoms with Crippen LogP contribution in [0.4, 0.5) is 5.95 Å². The van der Waals surface area contributed by atoms with E-state index in [9.17, 15) is 4.79 Å². The lowest BCUT2D eigenvalue weighted by molar-refractivity contribution is -0.115. The topological polar surface area (TPSA) is 95.1 Å². The zero-order valence-corrected chi connectivity index (χ0v) is 20.2. The second-order valence-electron chi connectivity index (χ2n) is 8.11. The molecule has 7 nitrogen and oxygen atoms in total. The minimum atomic E-state index is -0.559. The normalized spacial score (nSPS) is 14.9. The number of allylic oxidation sites excluding steroid dienone is 1. The Morgan fingerprint density at radius 2 is 1.80 bits per heavy atom. The van der Waals surface area contributed by atoms with Crippen LogP contribution in [0.5, 0.6) is 5.75 Å². The van der Waals surface area contributed by atoms with E-state index in [1.165, 1.54) is 0 Å². The molecule has 0 saturated carbocycles. The van der Waals surface area contributed by atoms with Crippen LogP contribution in [0.3, 0.4) is 0 Å². The van der Waals surface area contributed by atoms with E-state index in [0.717, 1.165) is 11.1 Å². The Morgan fingerprint density at radius 1 is 1.06 bits per heavy atom. The first-order valence-electron chi connectivity index (χ1n) is 10.9. The highest BCUT2D eigenvalue weighted by atomic mass is 35.5. The van der Waals surface area contributed by atoms with Gasteiger partial charge in [0.05, 0.1) is 15.6 Å². The molecule has 1 aliphatic rings. The number of halogens is 2. The van der Waals surface area contributed by atoms with Crippen molar-refractivity contribution in [3.05, 3.63) is 105 Å². The monoisotopic (exact) mass is 505 g/mol. The van der Waals surface area contributed by atoms with Crippen LogP contribution < -0.4 is 15.8 Å². The van der Waals surface area contributed by atoms with Crippen LogP contribution in [0.15, 0.2) is 84.1 Å². The van der Waals surface area contributed by atoms with Gasteiger partial charge in [-0.25, -0.2) is 4.68 Å². The third-order valence-electron chi connectivity index (χ3n) is 5.74. The van der Waals surface area contributed by atoms with Crippen molar-refractivity contribution in [3.8, 4) is 17.1 Å². The summed E-state index contributed by atoms with van der Waals surface area (Å²) in [4.78, 5) is 17.1. The highest BCUT2D eigenvalue weighted by Crippen LogP contribution is 2.37. The van der Waals surface area contributed by atoms with Crippen molar-refractivity contribution in [1.29, 1.82) is 0 Å². The van der Waals surface area contributed by atoms with E-state index >= 15 is 0 Å². The summed E-state index contributed by atoms with van der Waals surface area (Å²) in [5.41, 5.74) is 9.40. The Morgan fingerprint density at radius 3 is 2.49 bits per heavy atom. The van der Waals surface area contributed by atoms with E-state index in [4.69, 9.17) is 33.7 Å². The van der Waals surface area contributed by atoms with Crippen molar-refractivity contribution >= 4 is 35.1 Å². The van der Waals surface area contributed by atoms with Gasteiger partial charge in [0.15, 0.2) is 5.82 Å². The van der Waals surface area contributed by atoms with E-state index in [-0.39, 0.29) is 0 Å². The van der Waals surface area contributed by atoms with Crippen molar-refractivity contribution in [2.45, 2.75) is 19.6 Å². The molecular weight excluding hydrogens is 485 g/mol. The molecule has 2 heterocycles. The number of carbonyl (C=O) groups excluding carboxylic acids is 1. The average molecular weight is 506 g/mol. The summed E-state index contributed by atoms with van der Waals surface area (Å²) >= 11 is 12.2. The maximum Gasteiger partial charge on any atom is 0.248 e. The highest BCUT2D eigenvalue weighted by molar-refractivity contribution is 6.42. The van der Waals surface area contributed by atoms with E-state index < -0.39 is 11.9 Å².